The summed E-state index contributed by atoms with van der Waals surface area (Å²) in [5, 5.41) is 21.4. The minimum atomic E-state index is 0.196. The Hall–Kier alpha value is -1.22. The van der Waals surface area contributed by atoms with Crippen LogP contribution in [0.1, 0.15) is 17.9 Å². The van der Waals surface area contributed by atoms with Crippen molar-refractivity contribution in [3.8, 4) is 5.75 Å². The number of anilines is 1. The highest BCUT2D eigenvalue weighted by Crippen LogP contribution is 2.35. The van der Waals surface area contributed by atoms with E-state index in [2.05, 4.69) is 5.32 Å². The van der Waals surface area contributed by atoms with Crippen molar-refractivity contribution in [1.82, 2.24) is 0 Å². The smallest absolute Gasteiger partial charge is 0.116 e. The summed E-state index contributed by atoms with van der Waals surface area (Å²) in [4.78, 5) is 0. The largest absolute Gasteiger partial charge is 0.508 e. The van der Waals surface area contributed by atoms with Gasteiger partial charge in [0, 0.05) is 24.8 Å². The van der Waals surface area contributed by atoms with Crippen LogP contribution in [-0.2, 0) is 0 Å². The lowest BCUT2D eigenvalue weighted by molar-refractivity contribution is 0.278. The van der Waals surface area contributed by atoms with Crippen molar-refractivity contribution < 1.29 is 10.2 Å². The maximum absolute atomic E-state index is 9.29. The van der Waals surface area contributed by atoms with E-state index < -0.39 is 0 Å². The van der Waals surface area contributed by atoms with Crippen LogP contribution in [0.4, 0.5) is 5.69 Å². The number of hydrogen-bond acceptors (Lipinski definition) is 3. The first-order valence-corrected chi connectivity index (χ1v) is 4.49. The second-order valence-electron chi connectivity index (χ2n) is 3.36. The summed E-state index contributed by atoms with van der Waals surface area (Å²) in [6.07, 6.45) is 0.753. The lowest BCUT2D eigenvalue weighted by Gasteiger charge is -2.07. The highest BCUT2D eigenvalue weighted by molar-refractivity contribution is 5.59. The molecule has 0 fully saturated rings. The molecule has 1 aliphatic rings. The van der Waals surface area contributed by atoms with Gasteiger partial charge in [0.05, 0.1) is 0 Å². The first kappa shape index (κ1) is 8.38. The average molecular weight is 179 g/mol. The van der Waals surface area contributed by atoms with Gasteiger partial charge >= 0.3 is 0 Å². The monoisotopic (exact) mass is 179 g/mol. The highest BCUT2D eigenvalue weighted by Gasteiger charge is 2.21. The van der Waals surface area contributed by atoms with E-state index in [9.17, 15) is 5.11 Å². The van der Waals surface area contributed by atoms with Crippen molar-refractivity contribution in [2.45, 2.75) is 12.3 Å². The summed E-state index contributed by atoms with van der Waals surface area (Å²) < 4.78 is 0. The maximum atomic E-state index is 9.29. The Morgan fingerprint density at radius 1 is 1.46 bits per heavy atom. The van der Waals surface area contributed by atoms with Crippen LogP contribution < -0.4 is 5.32 Å². The Kier molecular flexibility index (Phi) is 2.10. The molecule has 0 saturated carbocycles. The summed E-state index contributed by atoms with van der Waals surface area (Å²) in [6.45, 7) is 1.06. The van der Waals surface area contributed by atoms with Crippen LogP contribution in [0.3, 0.4) is 0 Å². The molecule has 1 atom stereocenters. The standard InChI is InChI=1S/C10H13NO2/c12-4-3-7-6-11-10-2-1-8(13)5-9(7)10/h1-2,5,7,11-13H,3-4,6H2. The van der Waals surface area contributed by atoms with Gasteiger partial charge < -0.3 is 15.5 Å². The fraction of sp³-hybridized carbons (Fsp3) is 0.400. The number of phenolic OH excluding ortho intramolecular Hbond substituents is 1. The second-order valence-corrected chi connectivity index (χ2v) is 3.36. The van der Waals surface area contributed by atoms with Crippen LogP contribution in [0, 0.1) is 0 Å². The fourth-order valence-electron chi connectivity index (χ4n) is 1.81. The van der Waals surface area contributed by atoms with Gasteiger partial charge in [0.1, 0.15) is 5.75 Å². The van der Waals surface area contributed by atoms with Crippen LogP contribution in [0.2, 0.25) is 0 Å². The molecule has 3 nitrogen and oxygen atoms in total. The van der Waals surface area contributed by atoms with E-state index in [0.29, 0.717) is 11.7 Å². The molecule has 0 spiro atoms. The van der Waals surface area contributed by atoms with E-state index in [1.54, 1.807) is 12.1 Å². The summed E-state index contributed by atoms with van der Waals surface area (Å²) in [5.41, 5.74) is 2.20. The number of hydrogen-bond donors (Lipinski definition) is 3. The number of phenols is 1. The molecule has 1 unspecified atom stereocenters. The Balaban J connectivity index is 2.29. The molecule has 0 saturated heterocycles. The van der Waals surface area contributed by atoms with Crippen molar-refractivity contribution in [2.24, 2.45) is 0 Å². The molecule has 0 radical (unpaired) electrons. The SMILES string of the molecule is OCCC1CNc2ccc(O)cc21. The Morgan fingerprint density at radius 2 is 2.31 bits per heavy atom. The van der Waals surface area contributed by atoms with Crippen LogP contribution in [0.15, 0.2) is 18.2 Å². The van der Waals surface area contributed by atoms with E-state index in [-0.39, 0.29) is 6.61 Å². The second kappa shape index (κ2) is 3.26. The minimum absolute atomic E-state index is 0.196. The molecular weight excluding hydrogens is 166 g/mol. The van der Waals surface area contributed by atoms with E-state index in [1.165, 1.54) is 0 Å². The van der Waals surface area contributed by atoms with Crippen molar-refractivity contribution >= 4 is 5.69 Å². The third-order valence-electron chi connectivity index (χ3n) is 2.49. The molecule has 1 aromatic carbocycles. The highest BCUT2D eigenvalue weighted by atomic mass is 16.3. The van der Waals surface area contributed by atoms with Gasteiger partial charge in [-0.2, -0.15) is 0 Å². The van der Waals surface area contributed by atoms with Crippen molar-refractivity contribution in [1.29, 1.82) is 0 Å². The van der Waals surface area contributed by atoms with Gasteiger partial charge in [-0.25, -0.2) is 0 Å². The van der Waals surface area contributed by atoms with Gasteiger partial charge in [0.15, 0.2) is 0 Å². The zero-order valence-electron chi connectivity index (χ0n) is 7.33. The van der Waals surface area contributed by atoms with Crippen LogP contribution in [0.5, 0.6) is 5.75 Å². The molecule has 70 valence electrons. The molecular formula is C10H13NO2. The molecule has 1 aliphatic heterocycles. The molecule has 0 bridgehead atoms. The number of rotatable bonds is 2. The van der Waals surface area contributed by atoms with Crippen LogP contribution >= 0.6 is 0 Å². The molecule has 0 aliphatic carbocycles. The van der Waals surface area contributed by atoms with Crippen LogP contribution in [-0.4, -0.2) is 23.4 Å². The number of fused-ring (bicyclic) bond motifs is 1. The Labute approximate surface area is 77.0 Å². The third kappa shape index (κ3) is 1.47. The first-order valence-electron chi connectivity index (χ1n) is 4.49. The number of aliphatic hydroxyl groups is 1. The summed E-state index contributed by atoms with van der Waals surface area (Å²) in [7, 11) is 0. The van der Waals surface area contributed by atoms with Gasteiger partial charge in [-0.3, -0.25) is 0 Å². The van der Waals surface area contributed by atoms with Gasteiger partial charge in [-0.1, -0.05) is 0 Å². The van der Waals surface area contributed by atoms with Gasteiger partial charge in [-0.05, 0) is 30.2 Å². The van der Waals surface area contributed by atoms with Gasteiger partial charge in [0.25, 0.3) is 0 Å². The molecule has 0 amide bonds. The van der Waals surface area contributed by atoms with Gasteiger partial charge in [-0.15, -0.1) is 0 Å². The number of nitrogens with one attached hydrogen (secondary N) is 1. The summed E-state index contributed by atoms with van der Waals surface area (Å²) >= 11 is 0. The molecule has 13 heavy (non-hydrogen) atoms. The van der Waals surface area contributed by atoms with Crippen LogP contribution in [0.25, 0.3) is 0 Å². The quantitative estimate of drug-likeness (QED) is 0.599. The Bertz CT molecular complexity index is 310. The molecule has 2 rings (SSSR count). The zero-order chi connectivity index (χ0) is 9.26. The van der Waals surface area contributed by atoms with Crippen molar-refractivity contribution in [3.63, 3.8) is 0 Å². The topological polar surface area (TPSA) is 52.5 Å². The van der Waals surface area contributed by atoms with E-state index in [1.807, 2.05) is 6.07 Å². The third-order valence-corrected chi connectivity index (χ3v) is 2.49. The predicted molar refractivity (Wildman–Crippen MR) is 51.0 cm³/mol. The molecule has 0 aromatic heterocycles. The number of aliphatic hydroxyl groups excluding tert-OH is 1. The van der Waals surface area contributed by atoms with E-state index in [0.717, 1.165) is 24.2 Å². The normalized spacial score (nSPS) is 19.6. The average Bonchev–Trinajstić information content (AvgIpc) is 2.49. The molecule has 1 heterocycles. The summed E-state index contributed by atoms with van der Waals surface area (Å²) in [5.74, 6) is 0.637. The molecule has 3 heteroatoms. The predicted octanol–water partition coefficient (Wildman–Crippen LogP) is 1.28. The fourth-order valence-corrected chi connectivity index (χ4v) is 1.81. The van der Waals surface area contributed by atoms with Gasteiger partial charge in [0.2, 0.25) is 0 Å². The zero-order valence-corrected chi connectivity index (χ0v) is 7.33. The Morgan fingerprint density at radius 3 is 3.08 bits per heavy atom. The van der Waals surface area contributed by atoms with Crippen molar-refractivity contribution in [2.75, 3.05) is 18.5 Å². The molecule has 1 aromatic rings. The lowest BCUT2D eigenvalue weighted by atomic mass is 9.98. The first-order chi connectivity index (χ1) is 6.31. The maximum Gasteiger partial charge on any atom is 0.116 e. The number of aromatic hydroxyl groups is 1. The minimum Gasteiger partial charge on any atom is -0.508 e. The number of benzene rings is 1. The molecule has 3 N–H and O–H groups in total. The van der Waals surface area contributed by atoms with E-state index in [4.69, 9.17) is 5.11 Å². The summed E-state index contributed by atoms with van der Waals surface area (Å²) in [6, 6.07) is 5.32. The van der Waals surface area contributed by atoms with Crippen molar-refractivity contribution in [3.05, 3.63) is 23.8 Å². The lowest BCUT2D eigenvalue weighted by Crippen LogP contribution is -2.03. The van der Waals surface area contributed by atoms with E-state index >= 15 is 0 Å².